The van der Waals surface area contributed by atoms with Gasteiger partial charge >= 0.3 is 11.5 Å². The zero-order valence-electron chi connectivity index (χ0n) is 12.8. The molecule has 27 heavy (non-hydrogen) atoms. The molecule has 0 atom stereocenters. The lowest BCUT2D eigenvalue weighted by Crippen LogP contribution is -2.35. The van der Waals surface area contributed by atoms with Gasteiger partial charge in [-0.2, -0.15) is 13.2 Å². The average molecular weight is 429 g/mol. The van der Waals surface area contributed by atoms with Gasteiger partial charge < -0.3 is 5.32 Å². The van der Waals surface area contributed by atoms with E-state index in [1.54, 1.807) is 10.6 Å². The minimum atomic E-state index is -4.77. The number of hydrogen-bond donors (Lipinski definition) is 2. The van der Waals surface area contributed by atoms with Gasteiger partial charge in [0.25, 0.3) is 5.91 Å². The summed E-state index contributed by atoms with van der Waals surface area (Å²) in [4.78, 5) is 22.8. The predicted octanol–water partition coefficient (Wildman–Crippen LogP) is 5.33. The normalized spacial score (nSPS) is 11.2. The van der Waals surface area contributed by atoms with Gasteiger partial charge in [-0.3, -0.25) is 10.1 Å². The van der Waals surface area contributed by atoms with Crippen LogP contribution in [0.3, 0.4) is 0 Å². The Morgan fingerprint density at radius 3 is 2.11 bits per heavy atom. The maximum absolute atomic E-state index is 13.8. The highest BCUT2D eigenvalue weighted by molar-refractivity contribution is 8.00. The van der Waals surface area contributed by atoms with Gasteiger partial charge in [-0.25, -0.2) is 18.0 Å². The molecule has 2 aromatic carbocycles. The summed E-state index contributed by atoms with van der Waals surface area (Å²) in [5.74, 6) is -5.35. The van der Waals surface area contributed by atoms with E-state index >= 15 is 0 Å². The molecule has 0 aromatic heterocycles. The van der Waals surface area contributed by atoms with Gasteiger partial charge in [-0.15, -0.1) is 0 Å². The van der Waals surface area contributed by atoms with Crippen molar-refractivity contribution in [1.82, 2.24) is 5.32 Å². The largest absolute Gasteiger partial charge is 0.446 e. The smallest absolute Gasteiger partial charge is 0.302 e. The van der Waals surface area contributed by atoms with E-state index in [1.165, 1.54) is 12.1 Å². The Labute approximate surface area is 156 Å². The molecule has 0 bridgehead atoms. The van der Waals surface area contributed by atoms with E-state index in [9.17, 15) is 35.9 Å². The summed E-state index contributed by atoms with van der Waals surface area (Å²) in [6.07, 6.45) is 0. The third-order valence-corrected chi connectivity index (χ3v) is 3.92. The molecule has 3 amide bonds. The van der Waals surface area contributed by atoms with Gasteiger partial charge in [-0.1, -0.05) is 17.7 Å². The fourth-order valence-electron chi connectivity index (χ4n) is 1.89. The highest BCUT2D eigenvalue weighted by Gasteiger charge is 2.30. The molecule has 2 N–H and O–H groups in total. The van der Waals surface area contributed by atoms with Crippen LogP contribution >= 0.6 is 23.4 Å². The van der Waals surface area contributed by atoms with Crippen LogP contribution in [-0.2, 0) is 0 Å². The molecule has 0 aliphatic carbocycles. The lowest BCUT2D eigenvalue weighted by molar-refractivity contribution is -0.0328. The molecule has 0 unspecified atom stereocenters. The number of halogens is 7. The molecular weight excluding hydrogens is 422 g/mol. The fraction of sp³-hybridized carbons (Fsp3) is 0.0667. The predicted molar refractivity (Wildman–Crippen MR) is 86.2 cm³/mol. The number of benzene rings is 2. The van der Waals surface area contributed by atoms with E-state index in [-0.39, 0.29) is 5.02 Å². The van der Waals surface area contributed by atoms with Crippen molar-refractivity contribution in [1.29, 1.82) is 0 Å². The molecule has 2 rings (SSSR count). The number of thioether (sulfide) groups is 1. The van der Waals surface area contributed by atoms with Crippen LogP contribution in [0.4, 0.5) is 36.8 Å². The molecule has 0 spiro atoms. The fourth-order valence-corrected chi connectivity index (χ4v) is 2.73. The van der Waals surface area contributed by atoms with Gasteiger partial charge in [0.05, 0.1) is 10.6 Å². The molecule has 0 fully saturated rings. The van der Waals surface area contributed by atoms with E-state index in [2.05, 4.69) is 0 Å². The minimum Gasteiger partial charge on any atom is -0.302 e. The number of rotatable bonds is 3. The first-order valence-electron chi connectivity index (χ1n) is 6.79. The van der Waals surface area contributed by atoms with Gasteiger partial charge in [-0.05, 0) is 36.0 Å². The highest BCUT2D eigenvalue weighted by atomic mass is 35.5. The Morgan fingerprint density at radius 2 is 1.59 bits per heavy atom. The maximum atomic E-state index is 13.8. The molecular formula is C15H7ClF6N2O2S. The lowest BCUT2D eigenvalue weighted by Gasteiger charge is -2.11. The van der Waals surface area contributed by atoms with Crippen LogP contribution in [0.1, 0.15) is 10.4 Å². The Kier molecular flexibility index (Phi) is 6.26. The van der Waals surface area contributed by atoms with Crippen LogP contribution in [0.15, 0.2) is 35.2 Å². The SMILES string of the molecule is O=C(NC(=O)c1c(F)cccc1Cl)Nc1c(F)cc(SC(F)(F)F)cc1F. The van der Waals surface area contributed by atoms with Crippen molar-refractivity contribution in [3.8, 4) is 0 Å². The quantitative estimate of drug-likeness (QED) is 0.513. The number of carbonyl (C=O) groups is 2. The molecule has 0 aliphatic rings. The summed E-state index contributed by atoms with van der Waals surface area (Å²) in [5.41, 5.74) is -6.53. The summed E-state index contributed by atoms with van der Waals surface area (Å²) in [7, 11) is 0. The van der Waals surface area contributed by atoms with Crippen molar-refractivity contribution in [3.05, 3.63) is 58.4 Å². The van der Waals surface area contributed by atoms with Crippen molar-refractivity contribution in [2.75, 3.05) is 5.32 Å². The van der Waals surface area contributed by atoms with Crippen molar-refractivity contribution in [3.63, 3.8) is 0 Å². The number of hydrogen-bond acceptors (Lipinski definition) is 3. The molecule has 0 aliphatic heterocycles. The third kappa shape index (κ3) is 5.54. The number of anilines is 1. The first kappa shape index (κ1) is 20.9. The minimum absolute atomic E-state index is 0.314. The second kappa shape index (κ2) is 8.09. The summed E-state index contributed by atoms with van der Waals surface area (Å²) in [5, 5.41) is 2.92. The summed E-state index contributed by atoms with van der Waals surface area (Å²) < 4.78 is 77.9. The second-order valence-electron chi connectivity index (χ2n) is 4.81. The van der Waals surface area contributed by atoms with Crippen LogP contribution in [0.2, 0.25) is 5.02 Å². The summed E-state index contributed by atoms with van der Waals surface area (Å²) in [6.45, 7) is 0. The Hall–Kier alpha value is -2.40. The topological polar surface area (TPSA) is 58.2 Å². The van der Waals surface area contributed by atoms with Gasteiger partial charge in [0.2, 0.25) is 0 Å². The molecule has 0 radical (unpaired) electrons. The van der Waals surface area contributed by atoms with Crippen molar-refractivity contribution in [2.24, 2.45) is 0 Å². The number of alkyl halides is 3. The van der Waals surface area contributed by atoms with Gasteiger partial charge in [0.1, 0.15) is 11.5 Å². The molecule has 0 heterocycles. The van der Waals surface area contributed by atoms with E-state index in [1.807, 2.05) is 0 Å². The van der Waals surface area contributed by atoms with E-state index in [0.29, 0.717) is 12.1 Å². The molecule has 2 aromatic rings. The number of imide groups is 1. The lowest BCUT2D eigenvalue weighted by atomic mass is 10.2. The van der Waals surface area contributed by atoms with Gasteiger partial charge in [0, 0.05) is 4.90 Å². The first-order chi connectivity index (χ1) is 12.5. The average Bonchev–Trinajstić information content (AvgIpc) is 2.49. The molecule has 0 saturated heterocycles. The van der Waals surface area contributed by atoms with E-state index in [0.717, 1.165) is 6.07 Å². The van der Waals surface area contributed by atoms with E-state index < -0.39 is 62.8 Å². The summed E-state index contributed by atoms with van der Waals surface area (Å²) in [6, 6.07) is 2.54. The number of urea groups is 1. The zero-order chi connectivity index (χ0) is 20.4. The Balaban J connectivity index is 2.15. The van der Waals surface area contributed by atoms with Gasteiger partial charge in [0.15, 0.2) is 11.6 Å². The number of carbonyl (C=O) groups excluding carboxylic acids is 2. The maximum Gasteiger partial charge on any atom is 0.446 e. The van der Waals surface area contributed by atoms with E-state index in [4.69, 9.17) is 11.6 Å². The standard InChI is InChI=1S/C15H7ClF6N2O2S/c16-7-2-1-3-8(17)11(7)13(25)24-14(26)23-12-9(18)4-6(5-10(12)19)27-15(20,21)22/h1-5H,(H2,23,24,25,26). The van der Waals surface area contributed by atoms with Crippen molar-refractivity contribution < 1.29 is 35.9 Å². The molecule has 4 nitrogen and oxygen atoms in total. The van der Waals surface area contributed by atoms with Crippen LogP contribution in [0.5, 0.6) is 0 Å². The van der Waals surface area contributed by atoms with Crippen LogP contribution in [0.25, 0.3) is 0 Å². The van der Waals surface area contributed by atoms with Crippen molar-refractivity contribution >= 4 is 41.0 Å². The number of amides is 3. The molecule has 0 saturated carbocycles. The molecule has 144 valence electrons. The first-order valence-corrected chi connectivity index (χ1v) is 7.98. The van der Waals surface area contributed by atoms with Crippen molar-refractivity contribution in [2.45, 2.75) is 10.4 Å². The zero-order valence-corrected chi connectivity index (χ0v) is 14.3. The Morgan fingerprint density at radius 1 is 1.00 bits per heavy atom. The van der Waals surface area contributed by atoms with Crippen LogP contribution in [-0.4, -0.2) is 17.4 Å². The second-order valence-corrected chi connectivity index (χ2v) is 6.36. The van der Waals surface area contributed by atoms with Crippen LogP contribution in [0, 0.1) is 17.5 Å². The monoisotopic (exact) mass is 428 g/mol. The Bertz CT molecular complexity index is 863. The number of nitrogens with one attached hydrogen (secondary N) is 2. The highest BCUT2D eigenvalue weighted by Crippen LogP contribution is 2.38. The van der Waals surface area contributed by atoms with Crippen LogP contribution < -0.4 is 10.6 Å². The summed E-state index contributed by atoms with van der Waals surface area (Å²) >= 11 is 4.89. The molecule has 12 heteroatoms. The third-order valence-electron chi connectivity index (χ3n) is 2.90.